The van der Waals surface area contributed by atoms with Crippen LogP contribution in [0.2, 0.25) is 0 Å². The minimum Gasteiger partial charge on any atom is -0.458 e. The van der Waals surface area contributed by atoms with Crippen LogP contribution in [0.4, 0.5) is 0 Å². The van der Waals surface area contributed by atoms with Crippen LogP contribution < -0.4 is 0 Å². The quantitative estimate of drug-likeness (QED) is 0.581. The van der Waals surface area contributed by atoms with Crippen molar-refractivity contribution in [2.45, 2.75) is 58.7 Å². The highest BCUT2D eigenvalue weighted by Gasteiger charge is 2.49. The minimum atomic E-state index is -0.786. The molecule has 1 aliphatic carbocycles. The molecule has 0 radical (unpaired) electrons. The average Bonchev–Trinajstić information content (AvgIpc) is 2.13. The van der Waals surface area contributed by atoms with Gasteiger partial charge in [-0.15, -0.1) is 0 Å². The molecular formula is C13H22O3. The van der Waals surface area contributed by atoms with Crippen LogP contribution in [-0.4, -0.2) is 22.8 Å². The highest BCUT2D eigenvalue weighted by atomic mass is 16.5. The van der Waals surface area contributed by atoms with Crippen molar-refractivity contribution >= 4 is 5.97 Å². The molecule has 1 fully saturated rings. The van der Waals surface area contributed by atoms with E-state index in [2.05, 4.69) is 6.58 Å². The second-order valence-electron chi connectivity index (χ2n) is 5.56. The molecule has 2 unspecified atom stereocenters. The van der Waals surface area contributed by atoms with Crippen molar-refractivity contribution < 1.29 is 14.6 Å². The monoisotopic (exact) mass is 226 g/mol. The Morgan fingerprint density at radius 3 is 2.50 bits per heavy atom. The van der Waals surface area contributed by atoms with Crippen LogP contribution in [0, 0.1) is 5.41 Å². The molecule has 0 aromatic rings. The number of ether oxygens (including phenoxy) is 1. The zero-order valence-corrected chi connectivity index (χ0v) is 10.7. The normalized spacial score (nSPS) is 33.2. The summed E-state index contributed by atoms with van der Waals surface area (Å²) in [5.41, 5.74) is -0.803. The van der Waals surface area contributed by atoms with Crippen LogP contribution in [0.15, 0.2) is 12.2 Å². The SMILES string of the molecule is C=C(C)C(=O)OC1CCCC(C)(O)C1(C)C. The van der Waals surface area contributed by atoms with Gasteiger partial charge in [0.15, 0.2) is 0 Å². The Balaban J connectivity index is 2.80. The molecule has 16 heavy (non-hydrogen) atoms. The van der Waals surface area contributed by atoms with Gasteiger partial charge in [-0.25, -0.2) is 4.79 Å². The molecular weight excluding hydrogens is 204 g/mol. The molecule has 0 aromatic heterocycles. The zero-order valence-electron chi connectivity index (χ0n) is 10.7. The Kier molecular flexibility index (Phi) is 3.48. The van der Waals surface area contributed by atoms with E-state index in [-0.39, 0.29) is 12.1 Å². The van der Waals surface area contributed by atoms with Gasteiger partial charge in [-0.05, 0) is 33.1 Å². The maximum atomic E-state index is 11.5. The number of carbonyl (C=O) groups excluding carboxylic acids is 1. The summed E-state index contributed by atoms with van der Waals surface area (Å²) in [6, 6.07) is 0. The van der Waals surface area contributed by atoms with Gasteiger partial charge < -0.3 is 9.84 Å². The van der Waals surface area contributed by atoms with Crippen LogP contribution in [0.3, 0.4) is 0 Å². The van der Waals surface area contributed by atoms with Crippen molar-refractivity contribution in [1.82, 2.24) is 0 Å². The van der Waals surface area contributed by atoms with Gasteiger partial charge in [0, 0.05) is 11.0 Å². The van der Waals surface area contributed by atoms with Crippen molar-refractivity contribution in [3.63, 3.8) is 0 Å². The van der Waals surface area contributed by atoms with Crippen LogP contribution in [-0.2, 0) is 9.53 Å². The Morgan fingerprint density at radius 1 is 1.44 bits per heavy atom. The molecule has 3 heteroatoms. The van der Waals surface area contributed by atoms with Gasteiger partial charge in [0.25, 0.3) is 0 Å². The average molecular weight is 226 g/mol. The van der Waals surface area contributed by atoms with E-state index in [4.69, 9.17) is 4.74 Å². The minimum absolute atomic E-state index is 0.236. The van der Waals surface area contributed by atoms with Crippen LogP contribution in [0.1, 0.15) is 47.0 Å². The first kappa shape index (κ1) is 13.2. The van der Waals surface area contributed by atoms with Gasteiger partial charge in [0.1, 0.15) is 6.10 Å². The lowest BCUT2D eigenvalue weighted by molar-refractivity contribution is -0.178. The van der Waals surface area contributed by atoms with E-state index < -0.39 is 11.0 Å². The highest BCUT2D eigenvalue weighted by Crippen LogP contribution is 2.45. The van der Waals surface area contributed by atoms with Crippen LogP contribution >= 0.6 is 0 Å². The van der Waals surface area contributed by atoms with E-state index in [1.54, 1.807) is 6.92 Å². The summed E-state index contributed by atoms with van der Waals surface area (Å²) in [6.45, 7) is 10.9. The number of esters is 1. The first-order valence-corrected chi connectivity index (χ1v) is 5.77. The van der Waals surface area contributed by atoms with Gasteiger partial charge >= 0.3 is 5.97 Å². The largest absolute Gasteiger partial charge is 0.458 e. The predicted molar refractivity (Wildman–Crippen MR) is 62.9 cm³/mol. The van der Waals surface area contributed by atoms with Crippen molar-refractivity contribution in [2.75, 3.05) is 0 Å². The number of hydrogen-bond acceptors (Lipinski definition) is 3. The van der Waals surface area contributed by atoms with Gasteiger partial charge in [-0.3, -0.25) is 0 Å². The Bertz CT molecular complexity index is 302. The van der Waals surface area contributed by atoms with E-state index >= 15 is 0 Å². The maximum absolute atomic E-state index is 11.5. The molecule has 0 aromatic carbocycles. The van der Waals surface area contributed by atoms with E-state index in [1.807, 2.05) is 20.8 Å². The lowest BCUT2D eigenvalue weighted by Crippen LogP contribution is -2.53. The second-order valence-corrected chi connectivity index (χ2v) is 5.56. The molecule has 0 spiro atoms. The van der Waals surface area contributed by atoms with Crippen molar-refractivity contribution in [2.24, 2.45) is 5.41 Å². The Labute approximate surface area is 97.5 Å². The topological polar surface area (TPSA) is 46.5 Å². The molecule has 2 atom stereocenters. The molecule has 0 bridgehead atoms. The molecule has 3 nitrogen and oxygen atoms in total. The molecule has 92 valence electrons. The number of carbonyl (C=O) groups is 1. The summed E-state index contributed by atoms with van der Waals surface area (Å²) >= 11 is 0. The van der Waals surface area contributed by atoms with Gasteiger partial charge in [0.2, 0.25) is 0 Å². The predicted octanol–water partition coefficient (Wildman–Crippen LogP) is 2.44. The molecule has 1 saturated carbocycles. The number of hydrogen-bond donors (Lipinski definition) is 1. The third-order valence-electron chi connectivity index (χ3n) is 3.92. The third kappa shape index (κ3) is 2.29. The molecule has 0 saturated heterocycles. The Hall–Kier alpha value is -0.830. The van der Waals surface area contributed by atoms with Gasteiger partial charge in [-0.1, -0.05) is 20.4 Å². The Morgan fingerprint density at radius 2 is 2.00 bits per heavy atom. The summed E-state index contributed by atoms with van der Waals surface area (Å²) in [5, 5.41) is 10.3. The van der Waals surface area contributed by atoms with Crippen molar-refractivity contribution in [1.29, 1.82) is 0 Å². The first-order chi connectivity index (χ1) is 7.18. The standard InChI is InChI=1S/C13H22O3/c1-9(2)11(14)16-10-7-6-8-13(5,15)12(10,3)4/h10,15H,1,6-8H2,2-5H3. The maximum Gasteiger partial charge on any atom is 0.333 e. The molecule has 0 aliphatic heterocycles. The summed E-state index contributed by atoms with van der Waals surface area (Å²) in [7, 11) is 0. The molecule has 1 aliphatic rings. The fourth-order valence-corrected chi connectivity index (χ4v) is 2.10. The highest BCUT2D eigenvalue weighted by molar-refractivity contribution is 5.87. The van der Waals surface area contributed by atoms with Crippen molar-refractivity contribution in [3.05, 3.63) is 12.2 Å². The lowest BCUT2D eigenvalue weighted by atomic mass is 9.64. The molecule has 1 N–H and O–H groups in total. The van der Waals surface area contributed by atoms with Crippen LogP contribution in [0.25, 0.3) is 0 Å². The molecule has 0 amide bonds. The summed E-state index contributed by atoms with van der Waals surface area (Å²) in [4.78, 5) is 11.5. The van der Waals surface area contributed by atoms with Crippen LogP contribution in [0.5, 0.6) is 0 Å². The van der Waals surface area contributed by atoms with E-state index in [0.717, 1.165) is 19.3 Å². The third-order valence-corrected chi connectivity index (χ3v) is 3.92. The van der Waals surface area contributed by atoms with E-state index in [9.17, 15) is 9.90 Å². The summed E-state index contributed by atoms with van der Waals surface area (Å²) < 4.78 is 5.41. The van der Waals surface area contributed by atoms with Crippen molar-refractivity contribution in [3.8, 4) is 0 Å². The lowest BCUT2D eigenvalue weighted by Gasteiger charge is -2.48. The fraction of sp³-hybridized carbons (Fsp3) is 0.769. The van der Waals surface area contributed by atoms with Gasteiger partial charge in [0.05, 0.1) is 5.60 Å². The second kappa shape index (κ2) is 4.21. The smallest absolute Gasteiger partial charge is 0.333 e. The number of rotatable bonds is 2. The fourth-order valence-electron chi connectivity index (χ4n) is 2.10. The molecule has 1 rings (SSSR count). The molecule has 0 heterocycles. The summed E-state index contributed by atoms with van der Waals surface area (Å²) in [6.07, 6.45) is 2.20. The van der Waals surface area contributed by atoms with E-state index in [1.165, 1.54) is 0 Å². The summed E-state index contributed by atoms with van der Waals surface area (Å²) in [5.74, 6) is -0.365. The first-order valence-electron chi connectivity index (χ1n) is 5.77. The number of aliphatic hydroxyl groups is 1. The van der Waals surface area contributed by atoms with E-state index in [0.29, 0.717) is 5.57 Å². The zero-order chi connectivity index (χ0) is 12.6. The van der Waals surface area contributed by atoms with Gasteiger partial charge in [-0.2, -0.15) is 0 Å².